The molecule has 0 aromatic heterocycles. The van der Waals surface area contributed by atoms with E-state index in [1.54, 1.807) is 0 Å². The molecule has 0 bridgehead atoms. The van der Waals surface area contributed by atoms with Gasteiger partial charge in [-0.25, -0.2) is 8.78 Å². The second-order valence-corrected chi connectivity index (χ2v) is 5.93. The third-order valence-electron chi connectivity index (χ3n) is 4.09. The molecule has 1 atom stereocenters. The number of benzene rings is 1. The van der Waals surface area contributed by atoms with E-state index in [9.17, 15) is 8.78 Å². The molecule has 7 heteroatoms. The Kier molecular flexibility index (Phi) is 11.4. The van der Waals surface area contributed by atoms with Crippen molar-refractivity contribution < 1.29 is 8.78 Å². The SMILES string of the molecule is CCCCC[C@@H](c1c(F)ccc(F)c1Cl)N1CCNCC1.Cl.Cl. The molecular weight excluding hydrogens is 365 g/mol. The van der Waals surface area contributed by atoms with Crippen LogP contribution in [0.4, 0.5) is 8.78 Å². The normalized spacial score (nSPS) is 16.3. The summed E-state index contributed by atoms with van der Waals surface area (Å²) in [7, 11) is 0. The molecule has 1 aliphatic rings. The van der Waals surface area contributed by atoms with E-state index in [1.807, 2.05) is 0 Å². The largest absolute Gasteiger partial charge is 0.314 e. The van der Waals surface area contributed by atoms with Crippen LogP contribution in [0.1, 0.15) is 44.2 Å². The lowest BCUT2D eigenvalue weighted by atomic mass is 9.97. The fourth-order valence-corrected chi connectivity index (χ4v) is 3.22. The topological polar surface area (TPSA) is 15.3 Å². The first-order chi connectivity index (χ1) is 10.1. The summed E-state index contributed by atoms with van der Waals surface area (Å²) < 4.78 is 28.0. The second kappa shape index (κ2) is 11.4. The summed E-state index contributed by atoms with van der Waals surface area (Å²) in [5, 5.41) is 3.23. The van der Waals surface area contributed by atoms with Crippen LogP contribution in [0.5, 0.6) is 0 Å². The molecule has 2 rings (SSSR count). The Morgan fingerprint density at radius 3 is 2.35 bits per heavy atom. The van der Waals surface area contributed by atoms with Gasteiger partial charge in [-0.1, -0.05) is 37.8 Å². The van der Waals surface area contributed by atoms with Gasteiger partial charge >= 0.3 is 0 Å². The van der Waals surface area contributed by atoms with Gasteiger partial charge in [0.25, 0.3) is 0 Å². The molecule has 1 heterocycles. The molecule has 0 spiro atoms. The average molecular weight is 390 g/mol. The quantitative estimate of drug-likeness (QED) is 0.545. The van der Waals surface area contributed by atoms with E-state index >= 15 is 0 Å². The number of unbranched alkanes of at least 4 members (excludes halogenated alkanes) is 2. The van der Waals surface area contributed by atoms with Gasteiger partial charge in [-0.15, -0.1) is 24.8 Å². The van der Waals surface area contributed by atoms with Gasteiger partial charge in [0.2, 0.25) is 0 Å². The summed E-state index contributed by atoms with van der Waals surface area (Å²) in [5.41, 5.74) is 0.328. The Morgan fingerprint density at radius 2 is 1.74 bits per heavy atom. The third kappa shape index (κ3) is 6.02. The molecule has 1 fully saturated rings. The van der Waals surface area contributed by atoms with Crippen LogP contribution < -0.4 is 5.32 Å². The molecule has 0 saturated carbocycles. The van der Waals surface area contributed by atoms with Crippen LogP contribution in [0, 0.1) is 11.6 Å². The predicted octanol–water partition coefficient (Wildman–Crippen LogP) is 4.99. The van der Waals surface area contributed by atoms with Crippen molar-refractivity contribution in [2.24, 2.45) is 0 Å². The summed E-state index contributed by atoms with van der Waals surface area (Å²) in [5.74, 6) is -0.940. The monoisotopic (exact) mass is 388 g/mol. The van der Waals surface area contributed by atoms with Crippen LogP contribution >= 0.6 is 36.4 Å². The molecule has 1 aromatic carbocycles. The van der Waals surface area contributed by atoms with Crippen molar-refractivity contribution in [2.45, 2.75) is 38.6 Å². The van der Waals surface area contributed by atoms with Crippen molar-refractivity contribution in [2.75, 3.05) is 26.2 Å². The number of hydrogen-bond acceptors (Lipinski definition) is 2. The van der Waals surface area contributed by atoms with Crippen LogP contribution in [0.15, 0.2) is 12.1 Å². The Labute approximate surface area is 154 Å². The number of piperazine rings is 1. The maximum atomic E-state index is 14.3. The van der Waals surface area contributed by atoms with E-state index in [0.717, 1.165) is 57.9 Å². The van der Waals surface area contributed by atoms with Gasteiger partial charge in [-0.2, -0.15) is 0 Å². The summed E-state index contributed by atoms with van der Waals surface area (Å²) >= 11 is 6.07. The van der Waals surface area contributed by atoms with Crippen LogP contribution in [0.2, 0.25) is 5.02 Å². The predicted molar refractivity (Wildman–Crippen MR) is 97.2 cm³/mol. The molecule has 0 radical (unpaired) electrons. The van der Waals surface area contributed by atoms with Crippen molar-refractivity contribution in [3.63, 3.8) is 0 Å². The summed E-state index contributed by atoms with van der Waals surface area (Å²) in [6.45, 7) is 5.55. The van der Waals surface area contributed by atoms with Crippen LogP contribution in [-0.2, 0) is 0 Å². The number of halogens is 5. The summed E-state index contributed by atoms with van der Waals surface area (Å²) in [6, 6.07) is 2.15. The zero-order valence-electron chi connectivity index (χ0n) is 13.3. The van der Waals surface area contributed by atoms with Crippen LogP contribution in [0.25, 0.3) is 0 Å². The second-order valence-electron chi connectivity index (χ2n) is 5.55. The molecular formula is C16H25Cl3F2N2. The smallest absolute Gasteiger partial charge is 0.142 e. The Bertz CT molecular complexity index is 469. The molecule has 1 aliphatic heterocycles. The minimum Gasteiger partial charge on any atom is -0.314 e. The molecule has 134 valence electrons. The standard InChI is InChI=1S/C16H23ClF2N2.2ClH/c1-2-3-4-5-14(21-10-8-20-9-11-21)15-12(18)6-7-13(19)16(15)17;;/h6-7,14,20H,2-5,8-11H2,1H3;2*1H/t14-;;/m0../s1. The minimum absolute atomic E-state index is 0. The molecule has 0 aliphatic carbocycles. The lowest BCUT2D eigenvalue weighted by molar-refractivity contribution is 0.159. The van der Waals surface area contributed by atoms with Crippen molar-refractivity contribution in [1.82, 2.24) is 10.2 Å². The highest BCUT2D eigenvalue weighted by atomic mass is 35.5. The van der Waals surface area contributed by atoms with Gasteiger partial charge in [-0.3, -0.25) is 4.90 Å². The highest BCUT2D eigenvalue weighted by Crippen LogP contribution is 2.35. The molecule has 23 heavy (non-hydrogen) atoms. The molecule has 0 amide bonds. The third-order valence-corrected chi connectivity index (χ3v) is 4.47. The molecule has 1 N–H and O–H groups in total. The van der Waals surface area contributed by atoms with E-state index in [1.165, 1.54) is 6.07 Å². The maximum absolute atomic E-state index is 14.3. The molecule has 1 aromatic rings. The van der Waals surface area contributed by atoms with Gasteiger partial charge in [0.15, 0.2) is 0 Å². The fourth-order valence-electron chi connectivity index (χ4n) is 2.94. The highest BCUT2D eigenvalue weighted by Gasteiger charge is 2.27. The van der Waals surface area contributed by atoms with Gasteiger partial charge < -0.3 is 5.32 Å². The molecule has 1 saturated heterocycles. The van der Waals surface area contributed by atoms with Crippen molar-refractivity contribution in [3.05, 3.63) is 34.4 Å². The van der Waals surface area contributed by atoms with Gasteiger partial charge in [-0.05, 0) is 18.6 Å². The Hall–Kier alpha value is -0.130. The average Bonchev–Trinajstić information content (AvgIpc) is 2.51. The summed E-state index contributed by atoms with van der Waals surface area (Å²) in [4.78, 5) is 2.22. The maximum Gasteiger partial charge on any atom is 0.142 e. The van der Waals surface area contributed by atoms with Crippen molar-refractivity contribution in [1.29, 1.82) is 0 Å². The van der Waals surface area contributed by atoms with E-state index in [4.69, 9.17) is 11.6 Å². The van der Waals surface area contributed by atoms with Gasteiger partial charge in [0.05, 0.1) is 5.02 Å². The first-order valence-electron chi connectivity index (χ1n) is 7.73. The minimum atomic E-state index is -0.538. The Morgan fingerprint density at radius 1 is 1.13 bits per heavy atom. The van der Waals surface area contributed by atoms with Gasteiger partial charge in [0, 0.05) is 37.8 Å². The van der Waals surface area contributed by atoms with E-state index < -0.39 is 11.6 Å². The van der Waals surface area contributed by atoms with Crippen molar-refractivity contribution >= 4 is 36.4 Å². The van der Waals surface area contributed by atoms with Crippen molar-refractivity contribution in [3.8, 4) is 0 Å². The summed E-state index contributed by atoms with van der Waals surface area (Å²) in [6.07, 6.45) is 4.01. The van der Waals surface area contributed by atoms with E-state index in [-0.39, 0.29) is 35.9 Å². The van der Waals surface area contributed by atoms with E-state index in [2.05, 4.69) is 17.1 Å². The van der Waals surface area contributed by atoms with Crippen LogP contribution in [-0.4, -0.2) is 31.1 Å². The lowest BCUT2D eigenvalue weighted by Gasteiger charge is -2.36. The zero-order chi connectivity index (χ0) is 15.2. The number of nitrogens with one attached hydrogen (secondary N) is 1. The molecule has 0 unspecified atom stereocenters. The number of hydrogen-bond donors (Lipinski definition) is 1. The number of nitrogens with zero attached hydrogens (tertiary/aromatic N) is 1. The van der Waals surface area contributed by atoms with Crippen LogP contribution in [0.3, 0.4) is 0 Å². The lowest BCUT2D eigenvalue weighted by Crippen LogP contribution is -2.45. The molecule has 2 nitrogen and oxygen atoms in total. The highest BCUT2D eigenvalue weighted by molar-refractivity contribution is 6.31. The number of rotatable bonds is 6. The first kappa shape index (κ1) is 22.9. The first-order valence-corrected chi connectivity index (χ1v) is 8.11. The Balaban J connectivity index is 0.00000242. The zero-order valence-corrected chi connectivity index (χ0v) is 15.7. The fraction of sp³-hybridized carbons (Fsp3) is 0.625. The van der Waals surface area contributed by atoms with E-state index in [0.29, 0.717) is 5.56 Å². The van der Waals surface area contributed by atoms with Gasteiger partial charge in [0.1, 0.15) is 11.6 Å².